The largest absolute Gasteiger partial charge is 0.383 e. The second-order valence-electron chi connectivity index (χ2n) is 5.91. The third-order valence-corrected chi connectivity index (χ3v) is 4.09. The van der Waals surface area contributed by atoms with Crippen LogP contribution in [0.2, 0.25) is 0 Å². The van der Waals surface area contributed by atoms with Crippen LogP contribution in [0.25, 0.3) is 0 Å². The Kier molecular flexibility index (Phi) is 5.56. The molecule has 5 heteroatoms. The number of aromatic nitrogens is 2. The van der Waals surface area contributed by atoms with Crippen molar-refractivity contribution in [3.8, 4) is 0 Å². The number of rotatable bonds is 6. The van der Waals surface area contributed by atoms with Crippen molar-refractivity contribution in [1.29, 1.82) is 0 Å². The second-order valence-corrected chi connectivity index (χ2v) is 5.91. The van der Waals surface area contributed by atoms with Crippen LogP contribution in [0.5, 0.6) is 0 Å². The van der Waals surface area contributed by atoms with Crippen molar-refractivity contribution >= 4 is 17.4 Å². The van der Waals surface area contributed by atoms with E-state index in [4.69, 9.17) is 0 Å². The third kappa shape index (κ3) is 4.65. The molecule has 2 aromatic heterocycles. The van der Waals surface area contributed by atoms with Crippen LogP contribution in [-0.2, 0) is 0 Å². The summed E-state index contributed by atoms with van der Waals surface area (Å²) in [7, 11) is 0. The number of hydrogen-bond acceptors (Lipinski definition) is 4. The van der Waals surface area contributed by atoms with Crippen molar-refractivity contribution in [2.24, 2.45) is 0 Å². The van der Waals surface area contributed by atoms with Gasteiger partial charge in [0.15, 0.2) is 0 Å². The molecule has 5 nitrogen and oxygen atoms in total. The van der Waals surface area contributed by atoms with Crippen LogP contribution in [0.4, 0.5) is 11.5 Å². The number of carbonyl (C=O) groups is 1. The molecule has 0 aromatic carbocycles. The molecule has 0 unspecified atom stereocenters. The summed E-state index contributed by atoms with van der Waals surface area (Å²) >= 11 is 0. The fourth-order valence-corrected chi connectivity index (χ4v) is 2.76. The van der Waals surface area contributed by atoms with Gasteiger partial charge in [0.05, 0.1) is 17.4 Å². The van der Waals surface area contributed by atoms with E-state index in [9.17, 15) is 4.79 Å². The van der Waals surface area contributed by atoms with Crippen LogP contribution in [0.15, 0.2) is 54.5 Å². The molecule has 0 bridgehead atoms. The molecule has 2 aromatic rings. The Bertz CT molecular complexity index is 695. The summed E-state index contributed by atoms with van der Waals surface area (Å²) in [6.45, 7) is 0.912. The molecule has 3 rings (SSSR count). The van der Waals surface area contributed by atoms with E-state index < -0.39 is 0 Å². The molecule has 2 N–H and O–H groups in total. The Morgan fingerprint density at radius 3 is 2.83 bits per heavy atom. The maximum atomic E-state index is 12.0. The molecule has 2 heterocycles. The summed E-state index contributed by atoms with van der Waals surface area (Å²) < 4.78 is 0. The third-order valence-electron chi connectivity index (χ3n) is 4.09. The van der Waals surface area contributed by atoms with Crippen molar-refractivity contribution in [3.05, 3.63) is 60.1 Å². The van der Waals surface area contributed by atoms with E-state index in [0.29, 0.717) is 11.4 Å². The molecule has 0 fully saturated rings. The smallest absolute Gasteiger partial charge is 0.258 e. The number of hydrogen-bond donors (Lipinski definition) is 2. The summed E-state index contributed by atoms with van der Waals surface area (Å²) in [5, 5.41) is 6.14. The maximum Gasteiger partial charge on any atom is 0.258 e. The molecule has 0 atom stereocenters. The van der Waals surface area contributed by atoms with Gasteiger partial charge in [-0.2, -0.15) is 0 Å². The standard InChI is InChI=1S/C19H22N4O/c24-19(16-7-4-11-20-13-16)23-18-9-8-17(14-22-18)21-12-10-15-5-2-1-3-6-15/h4-5,7-9,11,13-14,21H,1-3,6,10,12H2,(H,22,23,24). The van der Waals surface area contributed by atoms with Crippen LogP contribution in [0, 0.1) is 0 Å². The first-order valence-electron chi connectivity index (χ1n) is 8.40. The van der Waals surface area contributed by atoms with Gasteiger partial charge in [-0.15, -0.1) is 0 Å². The lowest BCUT2D eigenvalue weighted by atomic mass is 9.97. The quantitative estimate of drug-likeness (QED) is 0.788. The van der Waals surface area contributed by atoms with Gasteiger partial charge in [0.2, 0.25) is 0 Å². The zero-order valence-corrected chi connectivity index (χ0v) is 13.7. The fourth-order valence-electron chi connectivity index (χ4n) is 2.76. The van der Waals surface area contributed by atoms with Crippen LogP contribution >= 0.6 is 0 Å². The summed E-state index contributed by atoms with van der Waals surface area (Å²) in [5.74, 6) is 0.324. The molecule has 0 spiro atoms. The molecule has 0 saturated heterocycles. The molecule has 0 aliphatic heterocycles. The SMILES string of the molecule is O=C(Nc1ccc(NCCC2=CCCCC2)cn1)c1cccnc1. The van der Waals surface area contributed by atoms with E-state index in [0.717, 1.165) is 18.7 Å². The lowest BCUT2D eigenvalue weighted by molar-refractivity contribution is 0.102. The van der Waals surface area contributed by atoms with Gasteiger partial charge < -0.3 is 10.6 Å². The Hall–Kier alpha value is -2.69. The number of carbonyl (C=O) groups excluding carboxylic acids is 1. The highest BCUT2D eigenvalue weighted by molar-refractivity contribution is 6.03. The molecule has 24 heavy (non-hydrogen) atoms. The zero-order valence-electron chi connectivity index (χ0n) is 13.7. The number of amides is 1. The number of nitrogens with zero attached hydrogens (tertiary/aromatic N) is 2. The Balaban J connectivity index is 1.48. The van der Waals surface area contributed by atoms with Gasteiger partial charge in [-0.1, -0.05) is 11.6 Å². The predicted molar refractivity (Wildman–Crippen MR) is 96.1 cm³/mol. The van der Waals surface area contributed by atoms with Crippen LogP contribution in [0.1, 0.15) is 42.5 Å². The van der Waals surface area contributed by atoms with Gasteiger partial charge in [0.25, 0.3) is 5.91 Å². The first kappa shape index (κ1) is 16.2. The lowest BCUT2D eigenvalue weighted by Gasteiger charge is -2.13. The van der Waals surface area contributed by atoms with Crippen molar-refractivity contribution in [1.82, 2.24) is 9.97 Å². The van der Waals surface area contributed by atoms with Gasteiger partial charge >= 0.3 is 0 Å². The minimum atomic E-state index is -0.208. The first-order chi connectivity index (χ1) is 11.8. The number of allylic oxidation sites excluding steroid dienone is 1. The van der Waals surface area contributed by atoms with E-state index >= 15 is 0 Å². The molecule has 1 aliphatic rings. The maximum absolute atomic E-state index is 12.0. The number of anilines is 2. The zero-order chi connectivity index (χ0) is 16.6. The minimum absolute atomic E-state index is 0.208. The average molecular weight is 322 g/mol. The highest BCUT2D eigenvalue weighted by Crippen LogP contribution is 2.20. The van der Waals surface area contributed by atoms with Gasteiger partial charge in [0.1, 0.15) is 5.82 Å². The van der Waals surface area contributed by atoms with Crippen LogP contribution in [0.3, 0.4) is 0 Å². The van der Waals surface area contributed by atoms with Crippen LogP contribution in [-0.4, -0.2) is 22.4 Å². The summed E-state index contributed by atoms with van der Waals surface area (Å²) in [4.78, 5) is 20.3. The van der Waals surface area contributed by atoms with Crippen LogP contribution < -0.4 is 10.6 Å². The van der Waals surface area contributed by atoms with Crippen molar-refractivity contribution < 1.29 is 4.79 Å². The molecule has 0 radical (unpaired) electrons. The normalized spacial score (nSPS) is 13.9. The van der Waals surface area contributed by atoms with E-state index in [1.807, 2.05) is 6.07 Å². The molecular weight excluding hydrogens is 300 g/mol. The van der Waals surface area contributed by atoms with Crippen molar-refractivity contribution in [2.75, 3.05) is 17.2 Å². The fraction of sp³-hybridized carbons (Fsp3) is 0.316. The topological polar surface area (TPSA) is 66.9 Å². The van der Waals surface area contributed by atoms with E-state index in [1.54, 1.807) is 36.2 Å². The van der Waals surface area contributed by atoms with Gasteiger partial charge in [0, 0.05) is 18.9 Å². The first-order valence-corrected chi connectivity index (χ1v) is 8.40. The van der Waals surface area contributed by atoms with E-state index in [-0.39, 0.29) is 5.91 Å². The lowest BCUT2D eigenvalue weighted by Crippen LogP contribution is -2.13. The van der Waals surface area contributed by atoms with Crippen molar-refractivity contribution in [3.63, 3.8) is 0 Å². The highest BCUT2D eigenvalue weighted by Gasteiger charge is 2.07. The molecule has 0 saturated carbocycles. The number of nitrogens with one attached hydrogen (secondary N) is 2. The monoisotopic (exact) mass is 322 g/mol. The van der Waals surface area contributed by atoms with Crippen molar-refractivity contribution in [2.45, 2.75) is 32.1 Å². The molecule has 124 valence electrons. The predicted octanol–water partition coefficient (Wildman–Crippen LogP) is 4.03. The summed E-state index contributed by atoms with van der Waals surface area (Å²) in [6, 6.07) is 7.19. The van der Waals surface area contributed by atoms with Gasteiger partial charge in [-0.05, 0) is 56.4 Å². The molecule has 1 amide bonds. The van der Waals surface area contributed by atoms with Gasteiger partial charge in [-0.25, -0.2) is 4.98 Å². The molecular formula is C19H22N4O. The van der Waals surface area contributed by atoms with Gasteiger partial charge in [-0.3, -0.25) is 9.78 Å². The Morgan fingerprint density at radius 1 is 1.17 bits per heavy atom. The number of pyridine rings is 2. The molecule has 1 aliphatic carbocycles. The summed E-state index contributed by atoms with van der Waals surface area (Å²) in [6.07, 6.45) is 13.5. The minimum Gasteiger partial charge on any atom is -0.383 e. The second kappa shape index (κ2) is 8.24. The van der Waals surface area contributed by atoms with E-state index in [1.165, 1.54) is 31.9 Å². The Labute approximate surface area is 142 Å². The summed E-state index contributed by atoms with van der Waals surface area (Å²) in [5.41, 5.74) is 3.04. The Morgan fingerprint density at radius 2 is 2.12 bits per heavy atom. The highest BCUT2D eigenvalue weighted by atomic mass is 16.1. The average Bonchev–Trinajstić information content (AvgIpc) is 2.65. The van der Waals surface area contributed by atoms with E-state index in [2.05, 4.69) is 26.7 Å².